The largest absolute Gasteiger partial charge is 0.380 e. The summed E-state index contributed by atoms with van der Waals surface area (Å²) in [5.74, 6) is 0. The number of carbonyl (C=O) groups is 1. The van der Waals surface area contributed by atoms with Gasteiger partial charge in [-0.05, 0) is 35.7 Å². The van der Waals surface area contributed by atoms with Crippen LogP contribution in [0.2, 0.25) is 5.02 Å². The van der Waals surface area contributed by atoms with Gasteiger partial charge in [-0.2, -0.15) is 0 Å². The molecular formula is C19H23ClN2O2. The molecule has 0 bridgehead atoms. The van der Waals surface area contributed by atoms with Gasteiger partial charge in [-0.1, -0.05) is 48.0 Å². The van der Waals surface area contributed by atoms with Gasteiger partial charge in [0.2, 0.25) is 0 Å². The highest BCUT2D eigenvalue weighted by molar-refractivity contribution is 6.30. The monoisotopic (exact) mass is 346 g/mol. The summed E-state index contributed by atoms with van der Waals surface area (Å²) in [4.78, 5) is 14.1. The van der Waals surface area contributed by atoms with Gasteiger partial charge in [0, 0.05) is 25.7 Å². The number of carbonyl (C=O) groups excluding carboxylic acids is 1. The van der Waals surface area contributed by atoms with E-state index in [0.29, 0.717) is 18.2 Å². The molecule has 0 fully saturated rings. The Labute approximate surface area is 148 Å². The van der Waals surface area contributed by atoms with Crippen LogP contribution in [0.1, 0.15) is 29.7 Å². The third-order valence-electron chi connectivity index (χ3n) is 4.10. The number of nitrogens with zero attached hydrogens (tertiary/aromatic N) is 1. The number of urea groups is 1. The number of hydrogen-bond donors (Lipinski definition) is 1. The molecule has 24 heavy (non-hydrogen) atoms. The molecule has 0 aromatic heterocycles. The fourth-order valence-electron chi connectivity index (χ4n) is 2.46. The van der Waals surface area contributed by atoms with Gasteiger partial charge >= 0.3 is 6.03 Å². The quantitative estimate of drug-likeness (QED) is 0.842. The van der Waals surface area contributed by atoms with E-state index >= 15 is 0 Å². The van der Waals surface area contributed by atoms with Crippen molar-refractivity contribution >= 4 is 17.6 Å². The van der Waals surface area contributed by atoms with Gasteiger partial charge in [0.05, 0.1) is 12.6 Å². The zero-order valence-electron chi connectivity index (χ0n) is 14.3. The van der Waals surface area contributed by atoms with Crippen LogP contribution >= 0.6 is 11.6 Å². The van der Waals surface area contributed by atoms with Gasteiger partial charge in [-0.3, -0.25) is 0 Å². The maximum absolute atomic E-state index is 12.4. The summed E-state index contributed by atoms with van der Waals surface area (Å²) in [6, 6.07) is 15.3. The molecule has 0 aliphatic carbocycles. The molecule has 5 heteroatoms. The number of methoxy groups -OCH3 is 1. The summed E-state index contributed by atoms with van der Waals surface area (Å²) in [5, 5.41) is 3.65. The Kier molecular flexibility index (Phi) is 6.64. The molecule has 0 aliphatic heterocycles. The molecule has 128 valence electrons. The van der Waals surface area contributed by atoms with Crippen molar-refractivity contribution in [1.29, 1.82) is 0 Å². The summed E-state index contributed by atoms with van der Waals surface area (Å²) in [6.45, 7) is 2.99. The molecule has 0 saturated carbocycles. The predicted octanol–water partition coefficient (Wildman–Crippen LogP) is 4.39. The van der Waals surface area contributed by atoms with E-state index in [9.17, 15) is 4.79 Å². The van der Waals surface area contributed by atoms with E-state index in [1.54, 1.807) is 19.1 Å². The minimum Gasteiger partial charge on any atom is -0.380 e. The molecule has 0 radical (unpaired) electrons. The van der Waals surface area contributed by atoms with E-state index in [0.717, 1.165) is 16.7 Å². The number of benzene rings is 2. The summed E-state index contributed by atoms with van der Waals surface area (Å²) in [5.41, 5.74) is 3.17. The predicted molar refractivity (Wildman–Crippen MR) is 97.0 cm³/mol. The number of nitrogens with one attached hydrogen (secondary N) is 1. The third-order valence-corrected chi connectivity index (χ3v) is 4.35. The van der Waals surface area contributed by atoms with Crippen molar-refractivity contribution in [3.05, 3.63) is 70.2 Å². The number of halogens is 1. The normalized spacial score (nSPS) is 11.8. The number of ether oxygens (including phenoxy) is 1. The van der Waals surface area contributed by atoms with Crippen LogP contribution in [0.15, 0.2) is 48.5 Å². The molecule has 1 N–H and O–H groups in total. The first-order chi connectivity index (χ1) is 11.5. The van der Waals surface area contributed by atoms with Gasteiger partial charge in [0.1, 0.15) is 0 Å². The van der Waals surface area contributed by atoms with Crippen LogP contribution in [0.3, 0.4) is 0 Å². The summed E-state index contributed by atoms with van der Waals surface area (Å²) in [7, 11) is 3.45. The van der Waals surface area contributed by atoms with Crippen LogP contribution in [-0.4, -0.2) is 25.1 Å². The van der Waals surface area contributed by atoms with Crippen LogP contribution in [0.4, 0.5) is 4.79 Å². The lowest BCUT2D eigenvalue weighted by Gasteiger charge is -2.26. The van der Waals surface area contributed by atoms with Crippen LogP contribution in [-0.2, 0) is 17.9 Å². The minimum atomic E-state index is -0.121. The molecule has 2 aromatic carbocycles. The molecule has 2 rings (SSSR count). The zero-order chi connectivity index (χ0) is 17.5. The number of amides is 2. The average molecular weight is 347 g/mol. The standard InChI is InChI=1S/C19H23ClN2O2/c1-14(15-8-10-18(20)11-9-15)22(2)19(23)21-12-16-6-4-5-7-17(16)13-24-3/h4-11,14H,12-13H2,1-3H3,(H,21,23). The van der Waals surface area contributed by atoms with Crippen molar-refractivity contribution in [2.45, 2.75) is 26.1 Å². The van der Waals surface area contributed by atoms with Gasteiger partial charge in [-0.25, -0.2) is 4.79 Å². The van der Waals surface area contributed by atoms with Crippen LogP contribution < -0.4 is 5.32 Å². The van der Waals surface area contributed by atoms with Gasteiger partial charge in [0.15, 0.2) is 0 Å². The van der Waals surface area contributed by atoms with Gasteiger partial charge < -0.3 is 15.0 Å². The lowest BCUT2D eigenvalue weighted by molar-refractivity contribution is 0.183. The van der Waals surface area contributed by atoms with Crippen molar-refractivity contribution < 1.29 is 9.53 Å². The first-order valence-electron chi connectivity index (χ1n) is 7.84. The molecule has 0 heterocycles. The molecule has 0 aliphatic rings. The fourth-order valence-corrected chi connectivity index (χ4v) is 2.59. The SMILES string of the molecule is COCc1ccccc1CNC(=O)N(C)C(C)c1ccc(Cl)cc1. The highest BCUT2D eigenvalue weighted by Gasteiger charge is 2.17. The highest BCUT2D eigenvalue weighted by Crippen LogP contribution is 2.21. The van der Waals surface area contributed by atoms with Gasteiger partial charge in [-0.15, -0.1) is 0 Å². The van der Waals surface area contributed by atoms with Gasteiger partial charge in [0.25, 0.3) is 0 Å². The Morgan fingerprint density at radius 3 is 2.42 bits per heavy atom. The zero-order valence-corrected chi connectivity index (χ0v) is 15.0. The Bertz CT molecular complexity index is 673. The van der Waals surface area contributed by atoms with E-state index in [2.05, 4.69) is 5.32 Å². The molecule has 1 atom stereocenters. The first kappa shape index (κ1) is 18.3. The maximum atomic E-state index is 12.4. The van der Waals surface area contributed by atoms with Crippen molar-refractivity contribution in [2.24, 2.45) is 0 Å². The molecule has 0 saturated heterocycles. The molecule has 4 nitrogen and oxygen atoms in total. The summed E-state index contributed by atoms with van der Waals surface area (Å²) < 4.78 is 5.19. The topological polar surface area (TPSA) is 41.6 Å². The second-order valence-corrected chi connectivity index (χ2v) is 6.14. The number of hydrogen-bond acceptors (Lipinski definition) is 2. The molecule has 2 aromatic rings. The average Bonchev–Trinajstić information content (AvgIpc) is 2.60. The Morgan fingerprint density at radius 1 is 1.17 bits per heavy atom. The van der Waals surface area contributed by atoms with Crippen LogP contribution in [0.5, 0.6) is 0 Å². The summed E-state index contributed by atoms with van der Waals surface area (Å²) >= 11 is 5.91. The fraction of sp³-hybridized carbons (Fsp3) is 0.316. The first-order valence-corrected chi connectivity index (χ1v) is 8.22. The van der Waals surface area contributed by atoms with Crippen molar-refractivity contribution in [2.75, 3.05) is 14.2 Å². The second kappa shape index (κ2) is 8.71. The Morgan fingerprint density at radius 2 is 1.79 bits per heavy atom. The van der Waals surface area contributed by atoms with Crippen molar-refractivity contribution in [3.63, 3.8) is 0 Å². The smallest absolute Gasteiger partial charge is 0.317 e. The molecule has 0 spiro atoms. The molecular weight excluding hydrogens is 324 g/mol. The van der Waals surface area contributed by atoms with E-state index in [4.69, 9.17) is 16.3 Å². The van der Waals surface area contributed by atoms with E-state index in [1.165, 1.54) is 0 Å². The Balaban J connectivity index is 1.98. The van der Waals surface area contributed by atoms with Crippen molar-refractivity contribution in [3.8, 4) is 0 Å². The maximum Gasteiger partial charge on any atom is 0.317 e. The number of rotatable bonds is 6. The highest BCUT2D eigenvalue weighted by atomic mass is 35.5. The summed E-state index contributed by atoms with van der Waals surface area (Å²) in [6.07, 6.45) is 0. The minimum absolute atomic E-state index is 0.0449. The van der Waals surface area contributed by atoms with E-state index in [1.807, 2.05) is 55.5 Å². The van der Waals surface area contributed by atoms with Crippen LogP contribution in [0.25, 0.3) is 0 Å². The van der Waals surface area contributed by atoms with Crippen LogP contribution in [0, 0.1) is 0 Å². The lowest BCUT2D eigenvalue weighted by atomic mass is 10.1. The van der Waals surface area contributed by atoms with Crippen molar-refractivity contribution in [1.82, 2.24) is 10.2 Å². The lowest BCUT2D eigenvalue weighted by Crippen LogP contribution is -2.38. The van der Waals surface area contributed by atoms with E-state index in [-0.39, 0.29) is 12.1 Å². The van der Waals surface area contributed by atoms with E-state index < -0.39 is 0 Å². The molecule has 2 amide bonds. The Hall–Kier alpha value is -2.04. The molecule has 1 unspecified atom stereocenters. The third kappa shape index (κ3) is 4.73. The second-order valence-electron chi connectivity index (χ2n) is 5.70.